The van der Waals surface area contributed by atoms with Gasteiger partial charge in [0, 0.05) is 6.54 Å². The van der Waals surface area contributed by atoms with Crippen molar-refractivity contribution in [3.8, 4) is 0 Å². The third-order valence-corrected chi connectivity index (χ3v) is 4.64. The van der Waals surface area contributed by atoms with Crippen molar-refractivity contribution >= 4 is 17.7 Å². The molecule has 3 fully saturated rings. The molecule has 1 N–H and O–H groups in total. The summed E-state index contributed by atoms with van der Waals surface area (Å²) in [7, 11) is 0. The highest BCUT2D eigenvalue weighted by Gasteiger charge is 2.37. The SMILES string of the molecule is O=C(O)CSc1nnnn1C1CN2CCC1CC2. The van der Waals surface area contributed by atoms with Gasteiger partial charge in [-0.1, -0.05) is 11.8 Å². The summed E-state index contributed by atoms with van der Waals surface area (Å²) in [6.45, 7) is 3.32. The zero-order valence-corrected chi connectivity index (χ0v) is 10.7. The molecule has 1 aromatic heterocycles. The van der Waals surface area contributed by atoms with Gasteiger partial charge in [-0.25, -0.2) is 4.68 Å². The number of hydrogen-bond acceptors (Lipinski definition) is 6. The van der Waals surface area contributed by atoms with Crippen molar-refractivity contribution in [2.45, 2.75) is 24.0 Å². The standard InChI is InChI=1S/C10H15N5O2S/c16-9(17)6-18-10-11-12-13-15(10)8-5-14-3-1-7(8)2-4-14/h7-8H,1-6H2,(H,16,17). The Kier molecular flexibility index (Phi) is 3.21. The summed E-state index contributed by atoms with van der Waals surface area (Å²) < 4.78 is 1.82. The van der Waals surface area contributed by atoms with Crippen molar-refractivity contribution in [2.75, 3.05) is 25.4 Å². The van der Waals surface area contributed by atoms with Gasteiger partial charge in [-0.3, -0.25) is 4.79 Å². The van der Waals surface area contributed by atoms with E-state index in [2.05, 4.69) is 20.4 Å². The van der Waals surface area contributed by atoms with E-state index >= 15 is 0 Å². The number of carbonyl (C=O) groups is 1. The zero-order chi connectivity index (χ0) is 12.5. The lowest BCUT2D eigenvalue weighted by Gasteiger charge is -2.44. The Morgan fingerprint density at radius 1 is 1.44 bits per heavy atom. The van der Waals surface area contributed by atoms with Crippen LogP contribution in [0.4, 0.5) is 0 Å². The van der Waals surface area contributed by atoms with Crippen LogP contribution in [0.2, 0.25) is 0 Å². The first-order valence-electron chi connectivity index (χ1n) is 6.09. The largest absolute Gasteiger partial charge is 0.481 e. The summed E-state index contributed by atoms with van der Waals surface area (Å²) in [5.41, 5.74) is 0. The third kappa shape index (κ3) is 2.22. The van der Waals surface area contributed by atoms with Crippen molar-refractivity contribution in [3.05, 3.63) is 0 Å². The van der Waals surface area contributed by atoms with Gasteiger partial charge in [0.25, 0.3) is 0 Å². The molecular formula is C10H15N5O2S. The Balaban J connectivity index is 1.76. The first kappa shape index (κ1) is 11.9. The molecule has 3 saturated heterocycles. The van der Waals surface area contributed by atoms with Crippen LogP contribution in [0.1, 0.15) is 18.9 Å². The van der Waals surface area contributed by atoms with Crippen molar-refractivity contribution in [2.24, 2.45) is 5.92 Å². The summed E-state index contributed by atoms with van der Waals surface area (Å²) >= 11 is 1.19. The maximum absolute atomic E-state index is 10.6. The summed E-state index contributed by atoms with van der Waals surface area (Å²) in [5.74, 6) is -0.215. The number of carboxylic acid groups (broad SMARTS) is 1. The van der Waals surface area contributed by atoms with Gasteiger partial charge in [-0.2, -0.15) is 0 Å². The van der Waals surface area contributed by atoms with Gasteiger partial charge in [0.05, 0.1) is 11.8 Å². The van der Waals surface area contributed by atoms with Crippen molar-refractivity contribution in [3.63, 3.8) is 0 Å². The summed E-state index contributed by atoms with van der Waals surface area (Å²) in [6.07, 6.45) is 2.38. The number of hydrogen-bond donors (Lipinski definition) is 1. The van der Waals surface area contributed by atoms with E-state index in [1.165, 1.54) is 37.7 Å². The normalized spacial score (nSPS) is 30.6. The van der Waals surface area contributed by atoms with Crippen LogP contribution in [0, 0.1) is 5.92 Å². The monoisotopic (exact) mass is 269 g/mol. The number of rotatable bonds is 4. The van der Waals surface area contributed by atoms with Crippen LogP contribution >= 0.6 is 11.8 Å². The van der Waals surface area contributed by atoms with E-state index in [9.17, 15) is 4.79 Å². The Morgan fingerprint density at radius 3 is 2.83 bits per heavy atom. The Hall–Kier alpha value is -1.15. The molecule has 0 aromatic carbocycles. The number of aromatic nitrogens is 4. The minimum absolute atomic E-state index is 0.00146. The molecule has 8 heteroatoms. The number of aliphatic carboxylic acids is 1. The third-order valence-electron chi connectivity index (χ3n) is 3.72. The minimum atomic E-state index is -0.844. The fraction of sp³-hybridized carbons (Fsp3) is 0.800. The average molecular weight is 269 g/mol. The molecule has 3 aliphatic rings. The predicted molar refractivity (Wildman–Crippen MR) is 64.4 cm³/mol. The molecule has 1 aromatic rings. The van der Waals surface area contributed by atoms with E-state index in [0.717, 1.165) is 6.54 Å². The number of tetrazole rings is 1. The predicted octanol–water partition coefficient (Wildman–Crippen LogP) is 0.116. The van der Waals surface area contributed by atoms with E-state index in [1.54, 1.807) is 0 Å². The molecular weight excluding hydrogens is 254 g/mol. The molecule has 7 nitrogen and oxygen atoms in total. The average Bonchev–Trinajstić information content (AvgIpc) is 2.86. The van der Waals surface area contributed by atoms with Crippen molar-refractivity contribution in [1.82, 2.24) is 25.1 Å². The molecule has 18 heavy (non-hydrogen) atoms. The molecule has 98 valence electrons. The molecule has 1 unspecified atom stereocenters. The van der Waals surface area contributed by atoms with E-state index in [1.807, 2.05) is 4.68 Å². The molecule has 0 amide bonds. The summed E-state index contributed by atoms with van der Waals surface area (Å²) in [4.78, 5) is 13.0. The number of nitrogens with zero attached hydrogens (tertiary/aromatic N) is 5. The molecule has 3 aliphatic heterocycles. The highest BCUT2D eigenvalue weighted by atomic mass is 32.2. The van der Waals surface area contributed by atoms with Gasteiger partial charge in [-0.05, 0) is 42.3 Å². The van der Waals surface area contributed by atoms with Gasteiger partial charge < -0.3 is 10.0 Å². The molecule has 4 rings (SSSR count). The lowest BCUT2D eigenvalue weighted by Crippen LogP contribution is -2.48. The first-order valence-corrected chi connectivity index (χ1v) is 7.07. The maximum atomic E-state index is 10.6. The zero-order valence-electron chi connectivity index (χ0n) is 9.90. The van der Waals surface area contributed by atoms with Crippen LogP contribution < -0.4 is 0 Å². The molecule has 0 saturated carbocycles. The van der Waals surface area contributed by atoms with Crippen LogP contribution in [0.3, 0.4) is 0 Å². The Bertz CT molecular complexity index is 443. The number of fused-ring (bicyclic) bond motifs is 3. The molecule has 0 spiro atoms. The Morgan fingerprint density at radius 2 is 2.22 bits per heavy atom. The Labute approximate surface area is 109 Å². The van der Waals surface area contributed by atoms with E-state index < -0.39 is 5.97 Å². The fourth-order valence-corrected chi connectivity index (χ4v) is 3.48. The summed E-state index contributed by atoms with van der Waals surface area (Å²) in [6, 6.07) is 0.304. The molecule has 2 bridgehead atoms. The quantitative estimate of drug-likeness (QED) is 0.777. The first-order chi connectivity index (χ1) is 8.74. The lowest BCUT2D eigenvalue weighted by molar-refractivity contribution is -0.133. The van der Waals surface area contributed by atoms with Gasteiger partial charge in [0.15, 0.2) is 0 Å². The second-order valence-electron chi connectivity index (χ2n) is 4.79. The highest BCUT2D eigenvalue weighted by Crippen LogP contribution is 2.36. The molecule has 0 aliphatic carbocycles. The topological polar surface area (TPSA) is 84.1 Å². The minimum Gasteiger partial charge on any atom is -0.481 e. The van der Waals surface area contributed by atoms with Crippen molar-refractivity contribution < 1.29 is 9.90 Å². The van der Waals surface area contributed by atoms with Crippen LogP contribution in [-0.2, 0) is 4.79 Å². The van der Waals surface area contributed by atoms with Gasteiger partial charge in [0.2, 0.25) is 5.16 Å². The second-order valence-corrected chi connectivity index (χ2v) is 5.74. The van der Waals surface area contributed by atoms with Gasteiger partial charge >= 0.3 is 5.97 Å². The van der Waals surface area contributed by atoms with Gasteiger partial charge in [0.1, 0.15) is 0 Å². The fourth-order valence-electron chi connectivity index (χ4n) is 2.83. The van der Waals surface area contributed by atoms with Crippen LogP contribution in [0.5, 0.6) is 0 Å². The smallest absolute Gasteiger partial charge is 0.313 e. The maximum Gasteiger partial charge on any atom is 0.313 e. The highest BCUT2D eigenvalue weighted by molar-refractivity contribution is 7.99. The number of piperidine rings is 3. The lowest BCUT2D eigenvalue weighted by atomic mass is 9.84. The molecule has 0 radical (unpaired) electrons. The molecule has 4 heterocycles. The van der Waals surface area contributed by atoms with Gasteiger partial charge in [-0.15, -0.1) is 5.10 Å². The second kappa shape index (κ2) is 4.85. The molecule has 1 atom stereocenters. The van der Waals surface area contributed by atoms with E-state index in [-0.39, 0.29) is 5.75 Å². The van der Waals surface area contributed by atoms with E-state index in [0.29, 0.717) is 17.1 Å². The van der Waals surface area contributed by atoms with E-state index in [4.69, 9.17) is 5.11 Å². The number of thioether (sulfide) groups is 1. The van der Waals surface area contributed by atoms with Crippen LogP contribution in [-0.4, -0.2) is 61.6 Å². The summed E-state index contributed by atoms with van der Waals surface area (Å²) in [5, 5.41) is 21.0. The number of carboxylic acids is 1. The van der Waals surface area contributed by atoms with Crippen LogP contribution in [0.15, 0.2) is 5.16 Å². The van der Waals surface area contributed by atoms with Crippen LogP contribution in [0.25, 0.3) is 0 Å². The van der Waals surface area contributed by atoms with Crippen molar-refractivity contribution in [1.29, 1.82) is 0 Å².